The van der Waals surface area contributed by atoms with E-state index in [9.17, 15) is 32.4 Å². The Balaban J connectivity index is 1.21. The third kappa shape index (κ3) is 7.56. The zero-order chi connectivity index (χ0) is 34.3. The van der Waals surface area contributed by atoms with Gasteiger partial charge in [0, 0.05) is 44.1 Å². The van der Waals surface area contributed by atoms with Crippen LogP contribution in [0.4, 0.5) is 0 Å². The second-order valence-corrected chi connectivity index (χ2v) is 19.7. The summed E-state index contributed by atoms with van der Waals surface area (Å²) in [4.78, 5) is 70.8. The van der Waals surface area contributed by atoms with E-state index in [0.717, 1.165) is 83.5 Å². The summed E-state index contributed by atoms with van der Waals surface area (Å²) in [6, 6.07) is -0.623. The van der Waals surface area contributed by atoms with Gasteiger partial charge >= 0.3 is 0 Å². The maximum atomic E-state index is 14.5. The van der Waals surface area contributed by atoms with Crippen LogP contribution in [-0.4, -0.2) is 65.9 Å². The molecule has 6 fully saturated rings. The van der Waals surface area contributed by atoms with Gasteiger partial charge in [0.2, 0.25) is 11.7 Å². The molecule has 6 rings (SSSR count). The fourth-order valence-electron chi connectivity index (χ4n) is 10.6. The van der Waals surface area contributed by atoms with Gasteiger partial charge in [-0.25, -0.2) is 8.42 Å². The maximum absolute atomic E-state index is 14.5. The smallest absolute Gasteiger partial charge is 0.226 e. The molecule has 3 aliphatic carbocycles. The fraction of sp³-hybridized carbons (Fsp3) is 0.872. The van der Waals surface area contributed by atoms with Crippen LogP contribution < -0.4 is 0 Å². The summed E-state index contributed by atoms with van der Waals surface area (Å²) in [5.74, 6) is -1.38. The number of fused-ring (bicyclic) bond motifs is 3. The van der Waals surface area contributed by atoms with Crippen molar-refractivity contribution in [3.8, 4) is 0 Å². The third-order valence-corrected chi connectivity index (χ3v) is 16.1. The van der Waals surface area contributed by atoms with Crippen molar-refractivity contribution in [1.82, 2.24) is 4.90 Å². The van der Waals surface area contributed by atoms with Crippen molar-refractivity contribution in [2.75, 3.05) is 12.3 Å². The zero-order valence-electron chi connectivity index (χ0n) is 29.5. The Morgan fingerprint density at radius 2 is 1.44 bits per heavy atom. The first-order valence-electron chi connectivity index (χ1n) is 19.5. The highest BCUT2D eigenvalue weighted by atomic mass is 32.2. The summed E-state index contributed by atoms with van der Waals surface area (Å²) < 4.78 is 26.3. The predicted molar refractivity (Wildman–Crippen MR) is 184 cm³/mol. The highest BCUT2D eigenvalue weighted by Crippen LogP contribution is 2.65. The monoisotopic (exact) mass is 685 g/mol. The number of rotatable bonds is 9. The number of piperidine rings is 1. The number of carbonyl (C=O) groups is 5. The van der Waals surface area contributed by atoms with Crippen LogP contribution in [0.2, 0.25) is 0 Å². The number of nitrogens with zero attached hydrogens (tertiary/aromatic N) is 1. The lowest BCUT2D eigenvalue weighted by atomic mass is 9.67. The van der Waals surface area contributed by atoms with Gasteiger partial charge in [-0.15, -0.1) is 0 Å². The first kappa shape index (κ1) is 35.9. The molecule has 0 N–H and O–H groups in total. The van der Waals surface area contributed by atoms with Crippen molar-refractivity contribution in [3.63, 3.8) is 0 Å². The van der Waals surface area contributed by atoms with Gasteiger partial charge in [0.25, 0.3) is 0 Å². The van der Waals surface area contributed by atoms with Crippen LogP contribution in [0.5, 0.6) is 0 Å². The Bertz CT molecular complexity index is 1370. The summed E-state index contributed by atoms with van der Waals surface area (Å²) in [5, 5.41) is -0.459. The van der Waals surface area contributed by atoms with Gasteiger partial charge in [-0.3, -0.25) is 24.0 Å². The lowest BCUT2D eigenvalue weighted by Crippen LogP contribution is -2.49. The molecule has 0 aromatic rings. The summed E-state index contributed by atoms with van der Waals surface area (Å²) in [6.07, 6.45) is 15.0. The summed E-state index contributed by atoms with van der Waals surface area (Å²) >= 11 is 0. The molecule has 3 heterocycles. The zero-order valence-corrected chi connectivity index (χ0v) is 30.3. The first-order chi connectivity index (χ1) is 22.8. The molecule has 6 atom stereocenters. The molecule has 0 radical (unpaired) electrons. The third-order valence-electron chi connectivity index (χ3n) is 13.7. The SMILES string of the molecule is CC1(C)[C@@H]2[C@H]3C(=O)C[C@H](C(=O)C(=O)CC4CC4)CCCCCCCC[C@H](CC(=O)CC4([C@H]5CCCS5(=O)=O)CCCCC4)C(=O)N3C[C@@H]21. The van der Waals surface area contributed by atoms with E-state index < -0.39 is 44.2 Å². The molecule has 0 spiro atoms. The Morgan fingerprint density at radius 1 is 0.792 bits per heavy atom. The fourth-order valence-corrected chi connectivity index (χ4v) is 13.1. The van der Waals surface area contributed by atoms with Gasteiger partial charge in [0.1, 0.15) is 5.78 Å². The molecule has 3 saturated heterocycles. The van der Waals surface area contributed by atoms with Crippen LogP contribution in [0.25, 0.3) is 0 Å². The molecule has 3 aliphatic heterocycles. The van der Waals surface area contributed by atoms with Gasteiger partial charge in [0.15, 0.2) is 21.4 Å². The first-order valence-corrected chi connectivity index (χ1v) is 21.2. The molecule has 3 saturated carbocycles. The highest BCUT2D eigenvalue weighted by molar-refractivity contribution is 7.92. The van der Waals surface area contributed by atoms with Crippen LogP contribution >= 0.6 is 0 Å². The van der Waals surface area contributed by atoms with Crippen LogP contribution in [0.3, 0.4) is 0 Å². The van der Waals surface area contributed by atoms with E-state index in [1.54, 1.807) is 4.90 Å². The normalized spacial score (nSPS) is 35.2. The largest absolute Gasteiger partial charge is 0.332 e. The molecule has 9 heteroatoms. The second-order valence-electron chi connectivity index (χ2n) is 17.4. The lowest BCUT2D eigenvalue weighted by Gasteiger charge is -2.41. The van der Waals surface area contributed by atoms with E-state index in [4.69, 9.17) is 0 Å². The van der Waals surface area contributed by atoms with Crippen LogP contribution in [0.15, 0.2) is 0 Å². The van der Waals surface area contributed by atoms with Gasteiger partial charge < -0.3 is 4.90 Å². The van der Waals surface area contributed by atoms with Crippen molar-refractivity contribution in [1.29, 1.82) is 0 Å². The Morgan fingerprint density at radius 3 is 2.08 bits per heavy atom. The van der Waals surface area contributed by atoms with Crippen molar-refractivity contribution < 1.29 is 32.4 Å². The Hall–Kier alpha value is -1.90. The molecule has 0 aromatic heterocycles. The molecule has 6 aliphatic rings. The molecule has 268 valence electrons. The molecule has 48 heavy (non-hydrogen) atoms. The standard InChI is InChI=1S/C39H59NO7S/c1-38(2)30-25-40-35(34(30)38)31(42)23-27(36(44)32(43)21-26-16-17-26)13-8-5-3-4-6-9-14-28(37(40)45)22-29(41)24-39(18-10-7-11-19-39)33-15-12-20-48(33,46)47/h26-28,30,33-35H,3-25H2,1-2H3/t27-,28-,30+,33-,34+,35-/m1/s1. The quantitative estimate of drug-likeness (QED) is 0.250. The van der Waals surface area contributed by atoms with Crippen molar-refractivity contribution in [2.45, 2.75) is 160 Å². The summed E-state index contributed by atoms with van der Waals surface area (Å²) in [6.45, 7) is 4.79. The number of carbonyl (C=O) groups excluding carboxylic acids is 5. The number of amides is 1. The number of sulfone groups is 1. The minimum absolute atomic E-state index is 0.00493. The number of hydrogen-bond donors (Lipinski definition) is 0. The maximum Gasteiger partial charge on any atom is 0.226 e. The van der Waals surface area contributed by atoms with Crippen LogP contribution in [-0.2, 0) is 33.8 Å². The lowest BCUT2D eigenvalue weighted by molar-refractivity contribution is -0.146. The van der Waals surface area contributed by atoms with Crippen LogP contribution in [0.1, 0.15) is 149 Å². The minimum atomic E-state index is -3.23. The Kier molecular flexibility index (Phi) is 10.8. The Labute approximate surface area is 288 Å². The van der Waals surface area contributed by atoms with Gasteiger partial charge in [-0.05, 0) is 80.0 Å². The molecule has 0 unspecified atom stereocenters. The topological polar surface area (TPSA) is 123 Å². The highest BCUT2D eigenvalue weighted by Gasteiger charge is 2.69. The average Bonchev–Trinajstić information content (AvgIpc) is 3.82. The van der Waals surface area contributed by atoms with E-state index in [-0.39, 0.29) is 65.5 Å². The number of hydrogen-bond acceptors (Lipinski definition) is 7. The van der Waals surface area contributed by atoms with E-state index in [0.29, 0.717) is 44.6 Å². The summed E-state index contributed by atoms with van der Waals surface area (Å²) in [5.41, 5.74) is -0.601. The minimum Gasteiger partial charge on any atom is -0.332 e. The second kappa shape index (κ2) is 14.4. The van der Waals surface area contributed by atoms with Gasteiger partial charge in [-0.1, -0.05) is 71.6 Å². The average molecular weight is 686 g/mol. The molecular weight excluding hydrogens is 626 g/mol. The van der Waals surface area contributed by atoms with Crippen molar-refractivity contribution in [2.24, 2.45) is 40.4 Å². The number of ketones is 4. The van der Waals surface area contributed by atoms with Crippen molar-refractivity contribution >= 4 is 38.9 Å². The van der Waals surface area contributed by atoms with E-state index in [2.05, 4.69) is 13.8 Å². The van der Waals surface area contributed by atoms with Gasteiger partial charge in [-0.2, -0.15) is 0 Å². The number of Topliss-reactive ketones (excluding diaryl/α,β-unsaturated/α-hetero) is 4. The molecule has 8 nitrogen and oxygen atoms in total. The van der Waals surface area contributed by atoms with Crippen LogP contribution in [0, 0.1) is 40.4 Å². The van der Waals surface area contributed by atoms with Crippen molar-refractivity contribution in [3.05, 3.63) is 0 Å². The van der Waals surface area contributed by atoms with E-state index in [1.165, 1.54) is 0 Å². The summed E-state index contributed by atoms with van der Waals surface area (Å²) in [7, 11) is -3.23. The molecular formula is C39H59NO7S. The molecule has 1 amide bonds. The molecule has 0 aromatic carbocycles. The predicted octanol–water partition coefficient (Wildman–Crippen LogP) is 6.61. The van der Waals surface area contributed by atoms with Gasteiger partial charge in [0.05, 0.1) is 17.0 Å². The van der Waals surface area contributed by atoms with E-state index >= 15 is 0 Å². The molecule has 0 bridgehead atoms. The van der Waals surface area contributed by atoms with E-state index in [1.807, 2.05) is 0 Å².